The van der Waals surface area contributed by atoms with Crippen LogP contribution in [0.15, 0.2) is 97.1 Å². The second kappa shape index (κ2) is 12.5. The van der Waals surface area contributed by atoms with E-state index in [1.165, 1.54) is 0 Å². The van der Waals surface area contributed by atoms with Gasteiger partial charge in [-0.1, -0.05) is 97.1 Å². The number of aliphatic carboxylic acids is 2. The smallest absolute Gasteiger partial charge is 0.407 e. The van der Waals surface area contributed by atoms with Gasteiger partial charge in [-0.05, 0) is 44.5 Å². The Morgan fingerprint density at radius 3 is 1.11 bits per heavy atom. The van der Waals surface area contributed by atoms with E-state index >= 15 is 0 Å². The fourth-order valence-electron chi connectivity index (χ4n) is 6.24. The maximum atomic E-state index is 12.7. The number of nitrogens with one attached hydrogen (secondary N) is 2. The molecular weight excluding hydrogens is 576 g/mol. The van der Waals surface area contributed by atoms with E-state index in [-0.39, 0.29) is 25.0 Å². The zero-order valence-electron chi connectivity index (χ0n) is 24.0. The standard InChI is InChI=1S/C35H30N2O8/c38-32(39)30(36-34(42)44-18-28-24-13-5-1-9-20(24)21-10-2-6-14-25(21)28)17-31(33(40)41)37-35(43)45-19-29-26-15-7-3-11-22(26)23-12-4-8-16-27(23)29/h1-16,28-31H,17-19H2,(H,36,42)(H,37,43)(H,38,39)(H,40,41)/t30-,31-/m0/s1. The number of carbonyl (C=O) groups is 4. The lowest BCUT2D eigenvalue weighted by Gasteiger charge is -2.21. The Morgan fingerprint density at radius 1 is 0.533 bits per heavy atom. The Balaban J connectivity index is 1.06. The van der Waals surface area contributed by atoms with E-state index in [0.29, 0.717) is 0 Å². The molecule has 0 aromatic heterocycles. The van der Waals surface area contributed by atoms with Gasteiger partial charge in [-0.3, -0.25) is 0 Å². The molecule has 228 valence electrons. The number of ether oxygens (including phenoxy) is 2. The summed E-state index contributed by atoms with van der Waals surface area (Å²) in [6.07, 6.45) is -2.68. The van der Waals surface area contributed by atoms with Crippen molar-refractivity contribution in [3.8, 4) is 22.3 Å². The third-order valence-corrected chi connectivity index (χ3v) is 8.34. The molecule has 10 heteroatoms. The van der Waals surface area contributed by atoms with Crippen LogP contribution in [0.4, 0.5) is 9.59 Å². The first-order valence-corrected chi connectivity index (χ1v) is 14.5. The molecule has 2 amide bonds. The first kappa shape index (κ1) is 29.4. The minimum absolute atomic E-state index is 0.0490. The van der Waals surface area contributed by atoms with E-state index in [9.17, 15) is 29.4 Å². The second-order valence-corrected chi connectivity index (χ2v) is 11.0. The number of fused-ring (bicyclic) bond motifs is 6. The van der Waals surface area contributed by atoms with E-state index in [2.05, 4.69) is 10.6 Å². The summed E-state index contributed by atoms with van der Waals surface area (Å²) in [6, 6.07) is 27.8. The highest BCUT2D eigenvalue weighted by molar-refractivity contribution is 5.84. The molecule has 2 atom stereocenters. The number of rotatable bonds is 10. The van der Waals surface area contributed by atoms with Crippen molar-refractivity contribution in [2.45, 2.75) is 30.3 Å². The van der Waals surface area contributed by atoms with Crippen LogP contribution in [0.25, 0.3) is 22.3 Å². The van der Waals surface area contributed by atoms with Gasteiger partial charge >= 0.3 is 24.1 Å². The van der Waals surface area contributed by atoms with Crippen LogP contribution >= 0.6 is 0 Å². The Bertz CT molecular complexity index is 1570. The lowest BCUT2D eigenvalue weighted by Crippen LogP contribution is -2.50. The summed E-state index contributed by atoms with van der Waals surface area (Å²) >= 11 is 0. The highest BCUT2D eigenvalue weighted by Gasteiger charge is 2.33. The van der Waals surface area contributed by atoms with Crippen molar-refractivity contribution in [3.63, 3.8) is 0 Å². The van der Waals surface area contributed by atoms with Crippen LogP contribution < -0.4 is 10.6 Å². The minimum atomic E-state index is -1.66. The van der Waals surface area contributed by atoms with E-state index < -0.39 is 42.6 Å². The lowest BCUT2D eigenvalue weighted by molar-refractivity contribution is -0.142. The fraction of sp³-hybridized carbons (Fsp3) is 0.200. The van der Waals surface area contributed by atoms with Crippen LogP contribution in [0, 0.1) is 0 Å². The van der Waals surface area contributed by atoms with Crippen LogP contribution in [0.5, 0.6) is 0 Å². The van der Waals surface area contributed by atoms with Gasteiger partial charge in [-0.25, -0.2) is 19.2 Å². The molecular formula is C35H30N2O8. The summed E-state index contributed by atoms with van der Waals surface area (Å²) in [7, 11) is 0. The summed E-state index contributed by atoms with van der Waals surface area (Å²) in [4.78, 5) is 49.4. The second-order valence-electron chi connectivity index (χ2n) is 11.0. The van der Waals surface area contributed by atoms with Crippen molar-refractivity contribution in [2.75, 3.05) is 13.2 Å². The summed E-state index contributed by atoms with van der Waals surface area (Å²) in [6.45, 7) is -0.0981. The van der Waals surface area contributed by atoms with Gasteiger partial charge in [0.1, 0.15) is 25.3 Å². The highest BCUT2D eigenvalue weighted by atomic mass is 16.6. The molecule has 4 aromatic carbocycles. The number of carboxylic acids is 2. The van der Waals surface area contributed by atoms with Crippen molar-refractivity contribution < 1.29 is 38.9 Å². The number of hydrogen-bond donors (Lipinski definition) is 4. The Kier molecular flexibility index (Phi) is 8.20. The van der Waals surface area contributed by atoms with Gasteiger partial charge in [-0.15, -0.1) is 0 Å². The number of amides is 2. The Labute approximate surface area is 258 Å². The van der Waals surface area contributed by atoms with Crippen LogP contribution in [-0.4, -0.2) is 59.6 Å². The quantitative estimate of drug-likeness (QED) is 0.188. The number of alkyl carbamates (subject to hydrolysis) is 2. The van der Waals surface area contributed by atoms with Gasteiger partial charge in [-0.2, -0.15) is 0 Å². The maximum absolute atomic E-state index is 12.7. The average molecular weight is 607 g/mol. The summed E-state index contributed by atoms with van der Waals surface area (Å²) in [5.41, 5.74) is 8.09. The molecule has 0 aliphatic heterocycles. The van der Waals surface area contributed by atoms with E-state index in [4.69, 9.17) is 9.47 Å². The molecule has 0 radical (unpaired) electrons. The van der Waals surface area contributed by atoms with Crippen LogP contribution in [0.2, 0.25) is 0 Å². The van der Waals surface area contributed by atoms with Crippen molar-refractivity contribution in [3.05, 3.63) is 119 Å². The van der Waals surface area contributed by atoms with Crippen LogP contribution in [-0.2, 0) is 19.1 Å². The predicted octanol–water partition coefficient (Wildman–Crippen LogP) is 5.36. The molecule has 0 unspecified atom stereocenters. The van der Waals surface area contributed by atoms with Gasteiger partial charge in [0.2, 0.25) is 0 Å². The topological polar surface area (TPSA) is 151 Å². The summed E-state index contributed by atoms with van der Waals surface area (Å²) < 4.78 is 10.8. The normalized spacial score (nSPS) is 14.2. The monoisotopic (exact) mass is 606 g/mol. The van der Waals surface area contributed by atoms with Crippen LogP contribution in [0.1, 0.15) is 40.5 Å². The SMILES string of the molecule is O=C(N[C@@H](C[C@H](NC(=O)OCC1c2ccccc2-c2ccccc21)C(=O)O)C(=O)O)OCC1c2ccccc2-c2ccccc21. The third-order valence-electron chi connectivity index (χ3n) is 8.34. The molecule has 0 saturated heterocycles. The molecule has 0 heterocycles. The number of hydrogen-bond acceptors (Lipinski definition) is 6. The molecule has 0 saturated carbocycles. The third kappa shape index (κ3) is 5.95. The molecule has 0 bridgehead atoms. The first-order valence-electron chi connectivity index (χ1n) is 14.5. The summed E-state index contributed by atoms with van der Waals surface area (Å²) in [5, 5.41) is 24.0. The predicted molar refractivity (Wildman–Crippen MR) is 164 cm³/mol. The Hall–Kier alpha value is -5.64. The fourth-order valence-corrected chi connectivity index (χ4v) is 6.24. The number of carbonyl (C=O) groups excluding carboxylic acids is 2. The number of carboxylic acid groups (broad SMARTS) is 2. The average Bonchev–Trinajstić information content (AvgIpc) is 3.54. The van der Waals surface area contributed by atoms with E-state index in [1.54, 1.807) is 0 Å². The van der Waals surface area contributed by atoms with E-state index in [0.717, 1.165) is 44.5 Å². The molecule has 2 aliphatic carbocycles. The molecule has 2 aliphatic rings. The maximum Gasteiger partial charge on any atom is 0.407 e. The molecule has 45 heavy (non-hydrogen) atoms. The van der Waals surface area contributed by atoms with Crippen molar-refractivity contribution in [2.24, 2.45) is 0 Å². The molecule has 4 N–H and O–H groups in total. The number of benzene rings is 4. The van der Waals surface area contributed by atoms with Gasteiger partial charge in [0.05, 0.1) is 0 Å². The van der Waals surface area contributed by atoms with Crippen molar-refractivity contribution in [1.82, 2.24) is 10.6 Å². The van der Waals surface area contributed by atoms with Gasteiger partial charge in [0.25, 0.3) is 0 Å². The molecule has 0 fully saturated rings. The zero-order chi connectivity index (χ0) is 31.5. The van der Waals surface area contributed by atoms with Crippen molar-refractivity contribution >= 4 is 24.1 Å². The lowest BCUT2D eigenvalue weighted by atomic mass is 9.98. The highest BCUT2D eigenvalue weighted by Crippen LogP contribution is 2.45. The molecule has 6 rings (SSSR count). The molecule has 0 spiro atoms. The first-order chi connectivity index (χ1) is 21.8. The van der Waals surface area contributed by atoms with Gasteiger partial charge < -0.3 is 30.3 Å². The van der Waals surface area contributed by atoms with Gasteiger partial charge in [0, 0.05) is 18.3 Å². The largest absolute Gasteiger partial charge is 0.480 e. The zero-order valence-corrected chi connectivity index (χ0v) is 24.0. The van der Waals surface area contributed by atoms with E-state index in [1.807, 2.05) is 97.1 Å². The van der Waals surface area contributed by atoms with Crippen LogP contribution in [0.3, 0.4) is 0 Å². The van der Waals surface area contributed by atoms with Crippen molar-refractivity contribution in [1.29, 1.82) is 0 Å². The molecule has 10 nitrogen and oxygen atoms in total. The van der Waals surface area contributed by atoms with Gasteiger partial charge in [0.15, 0.2) is 0 Å². The summed E-state index contributed by atoms with van der Waals surface area (Å²) in [5.74, 6) is -3.45. The molecule has 4 aromatic rings. The minimum Gasteiger partial charge on any atom is -0.480 e. The Morgan fingerprint density at radius 2 is 0.822 bits per heavy atom.